The summed E-state index contributed by atoms with van der Waals surface area (Å²) in [5.74, 6) is -0.318. The highest BCUT2D eigenvalue weighted by atomic mass is 16.7. The number of hydroxylamine groups is 1. The predicted molar refractivity (Wildman–Crippen MR) is 63.9 cm³/mol. The molecule has 3 heteroatoms. The van der Waals surface area contributed by atoms with Crippen molar-refractivity contribution in [1.29, 1.82) is 0 Å². The lowest BCUT2D eigenvalue weighted by Crippen LogP contribution is -2.82. The number of hydrogen-bond acceptors (Lipinski definition) is 2. The molecule has 0 heterocycles. The van der Waals surface area contributed by atoms with Crippen LogP contribution in [0.5, 0.6) is 0 Å². The highest BCUT2D eigenvalue weighted by Gasteiger charge is 2.23. The van der Waals surface area contributed by atoms with E-state index in [0.717, 1.165) is 5.56 Å². The Morgan fingerprint density at radius 3 is 2.18 bits per heavy atom. The molecule has 0 aliphatic rings. The number of hydrogen-bond donors (Lipinski definition) is 1. The molecule has 0 bridgehead atoms. The zero-order valence-electron chi connectivity index (χ0n) is 9.37. The van der Waals surface area contributed by atoms with Crippen molar-refractivity contribution < 1.29 is 15.1 Å². The topological polar surface area (TPSA) is 45.7 Å². The van der Waals surface area contributed by atoms with E-state index in [2.05, 4.69) is 0 Å². The summed E-state index contributed by atoms with van der Waals surface area (Å²) >= 11 is 0. The van der Waals surface area contributed by atoms with Crippen LogP contribution in [0.2, 0.25) is 0 Å². The van der Waals surface area contributed by atoms with E-state index >= 15 is 0 Å². The molecule has 85 valence electrons. The van der Waals surface area contributed by atoms with Gasteiger partial charge in [-0.05, 0) is 12.1 Å². The molecule has 0 spiro atoms. The maximum atomic E-state index is 11.6. The van der Waals surface area contributed by atoms with Gasteiger partial charge in [-0.2, -0.15) is 0 Å². The molecule has 2 rings (SSSR count). The number of quaternary nitrogens is 1. The quantitative estimate of drug-likeness (QED) is 0.637. The van der Waals surface area contributed by atoms with Crippen molar-refractivity contribution in [1.82, 2.24) is 0 Å². The molecule has 1 radical (unpaired) electrons. The summed E-state index contributed by atoms with van der Waals surface area (Å²) in [7, 11) is 0. The van der Waals surface area contributed by atoms with E-state index in [9.17, 15) is 4.79 Å². The fourth-order valence-electron chi connectivity index (χ4n) is 1.47. The maximum absolute atomic E-state index is 11.6. The van der Waals surface area contributed by atoms with Crippen molar-refractivity contribution in [3.8, 4) is 0 Å². The summed E-state index contributed by atoms with van der Waals surface area (Å²) in [6.45, 7) is 0.624. The molecule has 0 amide bonds. The Balaban J connectivity index is 1.82. The van der Waals surface area contributed by atoms with E-state index in [1.54, 1.807) is 12.1 Å². The lowest BCUT2D eigenvalue weighted by atomic mass is 10.2. The van der Waals surface area contributed by atoms with E-state index in [1.165, 1.54) is 5.48 Å². The highest BCUT2D eigenvalue weighted by molar-refractivity contribution is 5.88. The Kier molecular flexibility index (Phi) is 3.89. The zero-order valence-corrected chi connectivity index (χ0v) is 9.37. The first kappa shape index (κ1) is 11.4. The highest BCUT2D eigenvalue weighted by Crippen LogP contribution is 1.99. The van der Waals surface area contributed by atoms with Gasteiger partial charge in [0.2, 0.25) is 0 Å². The molecule has 0 atom stereocenters. The molecule has 0 aliphatic heterocycles. The molecule has 0 saturated heterocycles. The Morgan fingerprint density at radius 2 is 1.53 bits per heavy atom. The van der Waals surface area contributed by atoms with Crippen LogP contribution in [0.3, 0.4) is 0 Å². The SMILES string of the molecule is [O+]=C(O[NH2+]Cc1ccccc1)c1ccccc1. The van der Waals surface area contributed by atoms with Crippen molar-refractivity contribution in [3.63, 3.8) is 0 Å². The van der Waals surface area contributed by atoms with E-state index in [0.29, 0.717) is 12.1 Å². The fraction of sp³-hybridized carbons (Fsp3) is 0.0714. The van der Waals surface area contributed by atoms with Gasteiger partial charge in [0.05, 0.1) is 4.79 Å². The molecule has 17 heavy (non-hydrogen) atoms. The number of carbonyl (C=O) groups is 1. The summed E-state index contributed by atoms with van der Waals surface area (Å²) in [5.41, 5.74) is 3.22. The van der Waals surface area contributed by atoms with Gasteiger partial charge in [-0.25, -0.2) is 0 Å². The number of carbonyl (C=O) groups excluding carboxylic acids is 1. The number of rotatable bonds is 4. The minimum Gasteiger partial charge on any atom is -0.0835 e. The van der Waals surface area contributed by atoms with Crippen LogP contribution in [-0.2, 0) is 11.4 Å². The molecular formula is C14H14NO2+2. The lowest BCUT2D eigenvalue weighted by Gasteiger charge is -1.93. The van der Waals surface area contributed by atoms with Crippen LogP contribution >= 0.6 is 0 Å². The molecule has 0 saturated carbocycles. The van der Waals surface area contributed by atoms with Gasteiger partial charge < -0.3 is 0 Å². The van der Waals surface area contributed by atoms with Gasteiger partial charge in [0.1, 0.15) is 5.56 Å². The van der Waals surface area contributed by atoms with Gasteiger partial charge in [0, 0.05) is 5.56 Å². The second kappa shape index (κ2) is 5.82. The van der Waals surface area contributed by atoms with E-state index < -0.39 is 0 Å². The first-order chi connectivity index (χ1) is 8.36. The second-order valence-corrected chi connectivity index (χ2v) is 3.63. The average molecular weight is 228 g/mol. The Hall–Kier alpha value is -2.13. The van der Waals surface area contributed by atoms with Crippen LogP contribution in [0.15, 0.2) is 60.7 Å². The summed E-state index contributed by atoms with van der Waals surface area (Å²) in [4.78, 5) is 16.6. The maximum Gasteiger partial charge on any atom is 0.669 e. The summed E-state index contributed by atoms with van der Waals surface area (Å²) < 4.78 is 0. The van der Waals surface area contributed by atoms with Crippen molar-refractivity contribution >= 4 is 5.97 Å². The third-order valence-electron chi connectivity index (χ3n) is 2.36. The zero-order chi connectivity index (χ0) is 11.9. The van der Waals surface area contributed by atoms with Crippen LogP contribution in [0.25, 0.3) is 0 Å². The lowest BCUT2D eigenvalue weighted by molar-refractivity contribution is -0.883. The van der Waals surface area contributed by atoms with Gasteiger partial charge in [0.25, 0.3) is 0 Å². The van der Waals surface area contributed by atoms with E-state index in [4.69, 9.17) is 4.84 Å². The predicted octanol–water partition coefficient (Wildman–Crippen LogP) is 1.52. The van der Waals surface area contributed by atoms with Crippen molar-refractivity contribution in [2.75, 3.05) is 0 Å². The molecule has 2 N–H and O–H groups in total. The van der Waals surface area contributed by atoms with Crippen LogP contribution < -0.4 is 5.48 Å². The standard InChI is InChI=1S/C14H13NO2/c16-14(13-9-5-2-6-10-13)17-15-11-12-7-3-1-4-8-12/h1-10,15H,11H2/q+1/p+1. The van der Waals surface area contributed by atoms with Gasteiger partial charge in [0.15, 0.2) is 6.54 Å². The smallest absolute Gasteiger partial charge is 0.0835 e. The summed E-state index contributed by atoms with van der Waals surface area (Å²) in [5, 5.41) is 0. The van der Waals surface area contributed by atoms with E-state index in [1.807, 2.05) is 48.5 Å². The molecule has 2 aromatic carbocycles. The van der Waals surface area contributed by atoms with Crippen molar-refractivity contribution in [2.24, 2.45) is 0 Å². The summed E-state index contributed by atoms with van der Waals surface area (Å²) in [6, 6.07) is 18.8. The van der Waals surface area contributed by atoms with Gasteiger partial charge in [-0.15, -0.1) is 0 Å². The Bertz CT molecular complexity index is 468. The minimum atomic E-state index is -0.318. The number of benzene rings is 2. The van der Waals surface area contributed by atoms with Crippen molar-refractivity contribution in [2.45, 2.75) is 6.54 Å². The average Bonchev–Trinajstić information content (AvgIpc) is 2.41. The second-order valence-electron chi connectivity index (χ2n) is 3.63. The molecular weight excluding hydrogens is 214 g/mol. The van der Waals surface area contributed by atoms with Crippen LogP contribution in [0.1, 0.15) is 15.9 Å². The molecule has 0 unspecified atom stereocenters. The fourth-order valence-corrected chi connectivity index (χ4v) is 1.47. The van der Waals surface area contributed by atoms with Crippen LogP contribution in [0, 0.1) is 0 Å². The Labute approximate surface area is 100.0 Å². The largest absolute Gasteiger partial charge is 0.669 e. The molecule has 0 fully saturated rings. The van der Waals surface area contributed by atoms with Gasteiger partial charge in [-0.3, -0.25) is 0 Å². The normalized spacial score (nSPS) is 9.88. The molecule has 2 aromatic rings. The molecule has 0 aromatic heterocycles. The monoisotopic (exact) mass is 228 g/mol. The minimum absolute atomic E-state index is 0.318. The first-order valence-corrected chi connectivity index (χ1v) is 5.48. The molecule has 3 nitrogen and oxygen atoms in total. The van der Waals surface area contributed by atoms with E-state index in [-0.39, 0.29) is 5.97 Å². The third-order valence-corrected chi connectivity index (χ3v) is 2.36. The Morgan fingerprint density at radius 1 is 0.941 bits per heavy atom. The first-order valence-electron chi connectivity index (χ1n) is 5.48. The van der Waals surface area contributed by atoms with Gasteiger partial charge in [-0.1, -0.05) is 58.8 Å². The third kappa shape index (κ3) is 3.43. The summed E-state index contributed by atoms with van der Waals surface area (Å²) in [6.07, 6.45) is 0. The molecule has 0 aliphatic carbocycles. The van der Waals surface area contributed by atoms with Crippen molar-refractivity contribution in [3.05, 3.63) is 71.8 Å². The van der Waals surface area contributed by atoms with Gasteiger partial charge >= 0.3 is 5.97 Å². The van der Waals surface area contributed by atoms with Crippen LogP contribution in [-0.4, -0.2) is 5.97 Å². The van der Waals surface area contributed by atoms with Crippen LogP contribution in [0.4, 0.5) is 0 Å². The number of nitrogens with two attached hydrogens (primary N) is 1.